The van der Waals surface area contributed by atoms with Crippen molar-refractivity contribution in [1.82, 2.24) is 10.3 Å². The Kier molecular flexibility index (Phi) is 3.12. The predicted molar refractivity (Wildman–Crippen MR) is 62.3 cm³/mol. The van der Waals surface area contributed by atoms with Crippen LogP contribution in [0.25, 0.3) is 0 Å². The van der Waals surface area contributed by atoms with E-state index in [2.05, 4.69) is 10.3 Å². The van der Waals surface area contributed by atoms with Crippen LogP contribution < -0.4 is 11.1 Å². The van der Waals surface area contributed by atoms with Crippen LogP contribution in [0.2, 0.25) is 5.02 Å². The molecule has 2 rings (SSSR count). The van der Waals surface area contributed by atoms with E-state index in [0.29, 0.717) is 17.1 Å². The van der Waals surface area contributed by atoms with E-state index < -0.39 is 0 Å². The van der Waals surface area contributed by atoms with Crippen LogP contribution in [0.5, 0.6) is 0 Å². The summed E-state index contributed by atoms with van der Waals surface area (Å²) in [6, 6.07) is 1.60. The first-order valence-electron chi connectivity index (χ1n) is 5.27. The molecule has 0 atom stereocenters. The predicted octanol–water partition coefficient (Wildman–Crippen LogP) is 1.35. The first-order valence-corrected chi connectivity index (χ1v) is 5.65. The molecule has 3 N–H and O–H groups in total. The third-order valence-electron chi connectivity index (χ3n) is 2.97. The molecule has 0 bridgehead atoms. The van der Waals surface area contributed by atoms with Gasteiger partial charge in [-0.1, -0.05) is 11.6 Å². The number of rotatable bonds is 3. The molecule has 0 unspecified atom stereocenters. The van der Waals surface area contributed by atoms with Crippen LogP contribution in [0.15, 0.2) is 18.5 Å². The van der Waals surface area contributed by atoms with E-state index in [-0.39, 0.29) is 11.4 Å². The fraction of sp³-hybridized carbons (Fsp3) is 0.455. The van der Waals surface area contributed by atoms with Crippen molar-refractivity contribution in [2.45, 2.75) is 24.8 Å². The maximum absolute atomic E-state index is 11.8. The summed E-state index contributed by atoms with van der Waals surface area (Å²) in [5, 5.41) is 3.17. The third kappa shape index (κ3) is 2.33. The van der Waals surface area contributed by atoms with Crippen molar-refractivity contribution in [2.24, 2.45) is 5.73 Å². The smallest absolute Gasteiger partial charge is 0.252 e. The largest absolute Gasteiger partial charge is 0.350 e. The van der Waals surface area contributed by atoms with E-state index in [1.165, 1.54) is 6.20 Å². The number of nitrogens with zero attached hydrogens (tertiary/aromatic N) is 1. The minimum absolute atomic E-state index is 0.191. The summed E-state index contributed by atoms with van der Waals surface area (Å²) in [6.45, 7) is 0.504. The van der Waals surface area contributed by atoms with Crippen molar-refractivity contribution >= 4 is 17.5 Å². The van der Waals surface area contributed by atoms with E-state index in [4.69, 9.17) is 17.3 Å². The molecule has 0 aromatic carbocycles. The minimum atomic E-state index is -0.213. The Hall–Kier alpha value is -1.13. The fourth-order valence-electron chi connectivity index (χ4n) is 1.72. The molecule has 0 aliphatic heterocycles. The molecule has 5 heteroatoms. The zero-order chi connectivity index (χ0) is 11.6. The lowest BCUT2D eigenvalue weighted by molar-refractivity contribution is 0.0930. The summed E-state index contributed by atoms with van der Waals surface area (Å²) in [5.41, 5.74) is 6.24. The van der Waals surface area contributed by atoms with Crippen LogP contribution in [0.4, 0.5) is 0 Å². The monoisotopic (exact) mass is 239 g/mol. The van der Waals surface area contributed by atoms with Crippen LogP contribution in [-0.4, -0.2) is 23.0 Å². The molecule has 0 spiro atoms. The average molecular weight is 240 g/mol. The van der Waals surface area contributed by atoms with Gasteiger partial charge in [0.1, 0.15) is 0 Å². The first kappa shape index (κ1) is 11.4. The Morgan fingerprint density at radius 1 is 1.62 bits per heavy atom. The Morgan fingerprint density at radius 3 is 2.94 bits per heavy atom. The molecule has 1 heterocycles. The van der Waals surface area contributed by atoms with Crippen LogP contribution >= 0.6 is 11.6 Å². The van der Waals surface area contributed by atoms with Crippen molar-refractivity contribution in [1.29, 1.82) is 0 Å². The van der Waals surface area contributed by atoms with Crippen LogP contribution in [0.1, 0.15) is 29.6 Å². The lowest BCUT2D eigenvalue weighted by atomic mass is 9.78. The van der Waals surface area contributed by atoms with Gasteiger partial charge < -0.3 is 11.1 Å². The SMILES string of the molecule is NC1(CNC(=O)c2ccncc2Cl)CCC1. The van der Waals surface area contributed by atoms with Gasteiger partial charge in [0, 0.05) is 24.5 Å². The van der Waals surface area contributed by atoms with Gasteiger partial charge in [-0.25, -0.2) is 0 Å². The highest BCUT2D eigenvalue weighted by Gasteiger charge is 2.32. The molecule has 1 aliphatic rings. The zero-order valence-corrected chi connectivity index (χ0v) is 9.63. The van der Waals surface area contributed by atoms with E-state index in [9.17, 15) is 4.79 Å². The second-order valence-corrected chi connectivity index (χ2v) is 4.66. The Labute approximate surface area is 99.2 Å². The molecule has 0 saturated heterocycles. The van der Waals surface area contributed by atoms with Gasteiger partial charge in [0.2, 0.25) is 0 Å². The second kappa shape index (κ2) is 4.39. The van der Waals surface area contributed by atoms with Gasteiger partial charge in [-0.05, 0) is 25.3 Å². The highest BCUT2D eigenvalue weighted by molar-refractivity contribution is 6.33. The number of carbonyl (C=O) groups is 1. The standard InChI is InChI=1S/C11H14ClN3O/c12-9-6-14-5-2-8(9)10(16)15-7-11(13)3-1-4-11/h2,5-6H,1,3-4,7,13H2,(H,15,16). The third-order valence-corrected chi connectivity index (χ3v) is 3.27. The summed E-state index contributed by atoms with van der Waals surface area (Å²) in [7, 11) is 0. The van der Waals surface area contributed by atoms with E-state index in [0.717, 1.165) is 19.3 Å². The Bertz CT molecular complexity index is 404. The van der Waals surface area contributed by atoms with Crippen LogP contribution in [-0.2, 0) is 0 Å². The number of nitrogens with two attached hydrogens (primary N) is 1. The van der Waals surface area contributed by atoms with Gasteiger partial charge in [0.05, 0.1) is 10.6 Å². The topological polar surface area (TPSA) is 68.0 Å². The number of pyridine rings is 1. The maximum atomic E-state index is 11.8. The summed E-state index contributed by atoms with van der Waals surface area (Å²) in [4.78, 5) is 15.6. The summed E-state index contributed by atoms with van der Waals surface area (Å²) in [6.07, 6.45) is 6.08. The van der Waals surface area contributed by atoms with Gasteiger partial charge in [-0.15, -0.1) is 0 Å². The van der Waals surface area contributed by atoms with Gasteiger partial charge in [-0.3, -0.25) is 9.78 Å². The number of hydrogen-bond donors (Lipinski definition) is 2. The number of nitrogens with one attached hydrogen (secondary N) is 1. The van der Waals surface area contributed by atoms with Gasteiger partial charge >= 0.3 is 0 Å². The molecule has 1 aromatic heterocycles. The second-order valence-electron chi connectivity index (χ2n) is 4.25. The molecule has 86 valence electrons. The summed E-state index contributed by atoms with van der Waals surface area (Å²) in [5.74, 6) is -0.191. The van der Waals surface area contributed by atoms with Crippen molar-refractivity contribution in [3.8, 4) is 0 Å². The average Bonchev–Trinajstić information content (AvgIpc) is 2.24. The molecule has 4 nitrogen and oxygen atoms in total. The van der Waals surface area contributed by atoms with Crippen LogP contribution in [0.3, 0.4) is 0 Å². The normalized spacial score (nSPS) is 17.6. The minimum Gasteiger partial charge on any atom is -0.350 e. The van der Waals surface area contributed by atoms with E-state index in [1.54, 1.807) is 12.3 Å². The lowest BCUT2D eigenvalue weighted by Crippen LogP contribution is -2.54. The maximum Gasteiger partial charge on any atom is 0.252 e. The molecular formula is C11H14ClN3O. The molecule has 16 heavy (non-hydrogen) atoms. The molecule has 1 aliphatic carbocycles. The molecular weight excluding hydrogens is 226 g/mol. The molecule has 0 radical (unpaired) electrons. The number of carbonyl (C=O) groups excluding carboxylic acids is 1. The highest BCUT2D eigenvalue weighted by atomic mass is 35.5. The quantitative estimate of drug-likeness (QED) is 0.837. The zero-order valence-electron chi connectivity index (χ0n) is 8.87. The number of hydrogen-bond acceptors (Lipinski definition) is 3. The van der Waals surface area contributed by atoms with E-state index >= 15 is 0 Å². The summed E-state index contributed by atoms with van der Waals surface area (Å²) >= 11 is 5.86. The number of aromatic nitrogens is 1. The van der Waals surface area contributed by atoms with Gasteiger partial charge in [0.25, 0.3) is 5.91 Å². The lowest BCUT2D eigenvalue weighted by Gasteiger charge is -2.38. The number of halogens is 1. The fourth-order valence-corrected chi connectivity index (χ4v) is 1.92. The van der Waals surface area contributed by atoms with Gasteiger partial charge in [-0.2, -0.15) is 0 Å². The molecule has 1 aromatic rings. The van der Waals surface area contributed by atoms with Crippen LogP contribution in [0, 0.1) is 0 Å². The first-order chi connectivity index (χ1) is 7.61. The Balaban J connectivity index is 1.96. The molecule has 1 fully saturated rings. The van der Waals surface area contributed by atoms with E-state index in [1.807, 2.05) is 0 Å². The van der Waals surface area contributed by atoms with Crippen molar-refractivity contribution < 1.29 is 4.79 Å². The van der Waals surface area contributed by atoms with Crippen molar-refractivity contribution in [3.63, 3.8) is 0 Å². The Morgan fingerprint density at radius 2 is 2.38 bits per heavy atom. The van der Waals surface area contributed by atoms with Crippen molar-refractivity contribution in [3.05, 3.63) is 29.0 Å². The number of amides is 1. The summed E-state index contributed by atoms with van der Waals surface area (Å²) < 4.78 is 0. The van der Waals surface area contributed by atoms with Crippen molar-refractivity contribution in [2.75, 3.05) is 6.54 Å². The van der Waals surface area contributed by atoms with Gasteiger partial charge in [0.15, 0.2) is 0 Å². The molecule has 1 amide bonds. The highest BCUT2D eigenvalue weighted by Crippen LogP contribution is 2.28. The molecule has 1 saturated carbocycles.